The molecule has 0 unspecified atom stereocenters. The van der Waals surface area contributed by atoms with Crippen molar-refractivity contribution in [3.05, 3.63) is 65.2 Å². The molecular weight excluding hydrogens is 302 g/mol. The van der Waals surface area contributed by atoms with Crippen molar-refractivity contribution in [1.82, 2.24) is 0 Å². The van der Waals surface area contributed by atoms with Crippen molar-refractivity contribution in [1.29, 1.82) is 0 Å². The highest BCUT2D eigenvalue weighted by Crippen LogP contribution is 2.13. The van der Waals surface area contributed by atoms with Gasteiger partial charge in [0.2, 0.25) is 0 Å². The first kappa shape index (κ1) is 13.8. The molecule has 0 aliphatic rings. The van der Waals surface area contributed by atoms with E-state index in [1.165, 1.54) is 5.56 Å². The lowest BCUT2D eigenvalue weighted by atomic mass is 10.1. The number of anilines is 1. The molecule has 2 rings (SSSR count). The molecule has 2 aromatic carbocycles. The molecule has 2 aromatic rings. The molecule has 0 saturated heterocycles. The summed E-state index contributed by atoms with van der Waals surface area (Å²) in [6.07, 6.45) is 1.00. The van der Waals surface area contributed by atoms with Gasteiger partial charge >= 0.3 is 0 Å². The van der Waals surface area contributed by atoms with Crippen LogP contribution in [-0.2, 0) is 11.8 Å². The van der Waals surface area contributed by atoms with Crippen molar-refractivity contribution >= 4 is 27.5 Å². The Hall–Kier alpha value is -1.61. The summed E-state index contributed by atoms with van der Waals surface area (Å²) in [4.78, 5) is 12.1. The smallest absolute Gasteiger partial charge is 0.255 e. The van der Waals surface area contributed by atoms with E-state index in [9.17, 15) is 4.79 Å². The molecule has 0 aliphatic carbocycles. The second-order valence-electron chi connectivity index (χ2n) is 4.34. The van der Waals surface area contributed by atoms with Gasteiger partial charge in [0.25, 0.3) is 5.91 Å². The molecule has 3 heteroatoms. The van der Waals surface area contributed by atoms with Crippen LogP contribution in [-0.4, -0.2) is 5.91 Å². The highest BCUT2D eigenvalue weighted by atomic mass is 79.9. The zero-order valence-corrected chi connectivity index (χ0v) is 12.4. The molecule has 1 N–H and O–H groups in total. The minimum atomic E-state index is -0.0768. The van der Waals surface area contributed by atoms with Crippen LogP contribution in [0.5, 0.6) is 0 Å². The zero-order chi connectivity index (χ0) is 13.7. The number of alkyl halides is 1. The summed E-state index contributed by atoms with van der Waals surface area (Å²) < 4.78 is 0. The first-order chi connectivity index (χ1) is 9.22. The topological polar surface area (TPSA) is 29.1 Å². The fraction of sp³-hybridized carbons (Fsp3) is 0.188. The number of halogens is 1. The molecule has 0 radical (unpaired) electrons. The van der Waals surface area contributed by atoms with E-state index in [4.69, 9.17) is 0 Å². The van der Waals surface area contributed by atoms with Crippen LogP contribution in [0.25, 0.3) is 0 Å². The Morgan fingerprint density at radius 3 is 2.47 bits per heavy atom. The van der Waals surface area contributed by atoms with Crippen LogP contribution >= 0.6 is 15.9 Å². The average molecular weight is 318 g/mol. The maximum Gasteiger partial charge on any atom is 0.255 e. The molecule has 2 nitrogen and oxygen atoms in total. The molecule has 0 spiro atoms. The lowest BCUT2D eigenvalue weighted by Gasteiger charge is -2.07. The highest BCUT2D eigenvalue weighted by Gasteiger charge is 2.06. The SMILES string of the molecule is CCc1ccc(NC(=O)c2cccc(CBr)c2)cc1. The van der Waals surface area contributed by atoms with Crippen LogP contribution in [0.2, 0.25) is 0 Å². The summed E-state index contributed by atoms with van der Waals surface area (Å²) in [5.74, 6) is -0.0768. The largest absolute Gasteiger partial charge is 0.322 e. The summed E-state index contributed by atoms with van der Waals surface area (Å²) in [6.45, 7) is 2.11. The van der Waals surface area contributed by atoms with Crippen molar-refractivity contribution in [2.45, 2.75) is 18.7 Å². The Morgan fingerprint density at radius 2 is 1.84 bits per heavy atom. The van der Waals surface area contributed by atoms with Gasteiger partial charge in [-0.2, -0.15) is 0 Å². The molecule has 0 saturated carbocycles. The summed E-state index contributed by atoms with van der Waals surface area (Å²) in [5, 5.41) is 3.66. The fourth-order valence-corrected chi connectivity index (χ4v) is 2.17. The van der Waals surface area contributed by atoms with Gasteiger partial charge in [-0.25, -0.2) is 0 Å². The van der Waals surface area contributed by atoms with Crippen molar-refractivity contribution < 1.29 is 4.79 Å². The van der Waals surface area contributed by atoms with E-state index in [1.807, 2.05) is 48.5 Å². The summed E-state index contributed by atoms with van der Waals surface area (Å²) in [5.41, 5.74) is 3.86. The van der Waals surface area contributed by atoms with E-state index in [0.717, 1.165) is 23.0 Å². The van der Waals surface area contributed by atoms with E-state index < -0.39 is 0 Å². The van der Waals surface area contributed by atoms with Gasteiger partial charge in [0.15, 0.2) is 0 Å². The third-order valence-electron chi connectivity index (χ3n) is 2.96. The molecule has 98 valence electrons. The normalized spacial score (nSPS) is 10.2. The molecule has 0 atom stereocenters. The zero-order valence-electron chi connectivity index (χ0n) is 10.8. The van der Waals surface area contributed by atoms with Gasteiger partial charge < -0.3 is 5.32 Å². The van der Waals surface area contributed by atoms with Gasteiger partial charge in [0.05, 0.1) is 0 Å². The Kier molecular flexibility index (Phi) is 4.74. The van der Waals surface area contributed by atoms with Crippen LogP contribution in [0.15, 0.2) is 48.5 Å². The van der Waals surface area contributed by atoms with E-state index in [1.54, 1.807) is 0 Å². The number of rotatable bonds is 4. The third-order valence-corrected chi connectivity index (χ3v) is 3.61. The average Bonchev–Trinajstić information content (AvgIpc) is 2.48. The second-order valence-corrected chi connectivity index (χ2v) is 4.90. The van der Waals surface area contributed by atoms with Crippen molar-refractivity contribution in [2.75, 3.05) is 5.32 Å². The predicted molar refractivity (Wildman–Crippen MR) is 82.8 cm³/mol. The molecule has 0 bridgehead atoms. The van der Waals surface area contributed by atoms with Gasteiger partial charge in [0.1, 0.15) is 0 Å². The first-order valence-corrected chi connectivity index (χ1v) is 7.40. The number of hydrogen-bond donors (Lipinski definition) is 1. The molecule has 0 heterocycles. The molecule has 1 amide bonds. The van der Waals surface area contributed by atoms with Crippen LogP contribution in [0, 0.1) is 0 Å². The van der Waals surface area contributed by atoms with Gasteiger partial charge in [-0.15, -0.1) is 0 Å². The Labute approximate surface area is 122 Å². The van der Waals surface area contributed by atoms with Crippen molar-refractivity contribution in [3.63, 3.8) is 0 Å². The number of carbonyl (C=O) groups is 1. The Bertz CT molecular complexity index is 563. The monoisotopic (exact) mass is 317 g/mol. The minimum Gasteiger partial charge on any atom is -0.322 e. The number of amides is 1. The molecular formula is C16H16BrNO. The fourth-order valence-electron chi connectivity index (χ4n) is 1.82. The molecule has 0 aliphatic heterocycles. The van der Waals surface area contributed by atoms with Gasteiger partial charge in [0, 0.05) is 16.6 Å². The lowest BCUT2D eigenvalue weighted by Crippen LogP contribution is -2.12. The third kappa shape index (κ3) is 3.67. The first-order valence-electron chi connectivity index (χ1n) is 6.28. The van der Waals surface area contributed by atoms with E-state index in [0.29, 0.717) is 5.56 Å². The molecule has 0 aromatic heterocycles. The maximum atomic E-state index is 12.1. The second kappa shape index (κ2) is 6.53. The number of benzene rings is 2. The van der Waals surface area contributed by atoms with Crippen LogP contribution in [0.1, 0.15) is 28.4 Å². The predicted octanol–water partition coefficient (Wildman–Crippen LogP) is 4.40. The van der Waals surface area contributed by atoms with Gasteiger partial charge in [-0.3, -0.25) is 4.79 Å². The van der Waals surface area contributed by atoms with Crippen LogP contribution < -0.4 is 5.32 Å². The number of hydrogen-bond acceptors (Lipinski definition) is 1. The van der Waals surface area contributed by atoms with Gasteiger partial charge in [-0.1, -0.05) is 47.1 Å². The highest BCUT2D eigenvalue weighted by molar-refractivity contribution is 9.08. The molecule has 0 fully saturated rings. The Balaban J connectivity index is 2.11. The van der Waals surface area contributed by atoms with Crippen molar-refractivity contribution in [2.24, 2.45) is 0 Å². The Morgan fingerprint density at radius 1 is 1.11 bits per heavy atom. The number of aryl methyl sites for hydroxylation is 1. The van der Waals surface area contributed by atoms with Crippen molar-refractivity contribution in [3.8, 4) is 0 Å². The molecule has 19 heavy (non-hydrogen) atoms. The minimum absolute atomic E-state index is 0.0768. The maximum absolute atomic E-state index is 12.1. The van der Waals surface area contributed by atoms with Crippen LogP contribution in [0.3, 0.4) is 0 Å². The summed E-state index contributed by atoms with van der Waals surface area (Å²) >= 11 is 3.39. The van der Waals surface area contributed by atoms with E-state index >= 15 is 0 Å². The van der Waals surface area contributed by atoms with Gasteiger partial charge in [-0.05, 0) is 41.8 Å². The van der Waals surface area contributed by atoms with E-state index in [-0.39, 0.29) is 5.91 Å². The quantitative estimate of drug-likeness (QED) is 0.832. The summed E-state index contributed by atoms with van der Waals surface area (Å²) in [6, 6.07) is 15.5. The van der Waals surface area contributed by atoms with Crippen LogP contribution in [0.4, 0.5) is 5.69 Å². The number of nitrogens with one attached hydrogen (secondary N) is 1. The lowest BCUT2D eigenvalue weighted by molar-refractivity contribution is 0.102. The number of carbonyl (C=O) groups excluding carboxylic acids is 1. The van der Waals surface area contributed by atoms with E-state index in [2.05, 4.69) is 28.2 Å². The standard InChI is InChI=1S/C16H16BrNO/c1-2-12-6-8-15(9-7-12)18-16(19)14-5-3-4-13(10-14)11-17/h3-10H,2,11H2,1H3,(H,18,19). The summed E-state index contributed by atoms with van der Waals surface area (Å²) in [7, 11) is 0.